The van der Waals surface area contributed by atoms with Gasteiger partial charge < -0.3 is 5.11 Å². The molecule has 5 unspecified atom stereocenters. The molecule has 0 radical (unpaired) electrons. The summed E-state index contributed by atoms with van der Waals surface area (Å²) in [6, 6.07) is 0. The number of rotatable bonds is 1. The fourth-order valence-corrected chi connectivity index (χ4v) is 4.39. The maximum atomic E-state index is 10.3. The molecule has 0 heterocycles. The lowest BCUT2D eigenvalue weighted by atomic mass is 9.83. The average Bonchev–Trinajstić information content (AvgIpc) is 2.50. The Labute approximate surface area is 86.9 Å². The zero-order chi connectivity index (χ0) is 10.1. The zero-order valence-electron chi connectivity index (χ0n) is 9.53. The van der Waals surface area contributed by atoms with Crippen LogP contribution in [0.2, 0.25) is 0 Å². The largest absolute Gasteiger partial charge is 0.392 e. The molecule has 0 aromatic carbocycles. The van der Waals surface area contributed by atoms with Crippen LogP contribution in [0.3, 0.4) is 0 Å². The minimum Gasteiger partial charge on any atom is -0.392 e. The molecule has 3 saturated carbocycles. The molecule has 3 aliphatic carbocycles. The van der Waals surface area contributed by atoms with E-state index in [9.17, 15) is 5.11 Å². The smallest absolute Gasteiger partial charge is 0.0622 e. The highest BCUT2D eigenvalue weighted by Gasteiger charge is 2.67. The third-order valence-corrected chi connectivity index (χ3v) is 5.05. The molecule has 0 aromatic heterocycles. The van der Waals surface area contributed by atoms with E-state index in [2.05, 4.69) is 20.8 Å². The Hall–Kier alpha value is -0.0400. The van der Waals surface area contributed by atoms with Crippen LogP contribution in [0, 0.1) is 35.0 Å². The van der Waals surface area contributed by atoms with E-state index in [1.165, 1.54) is 19.3 Å². The average molecular weight is 194 g/mol. The molecule has 80 valence electrons. The van der Waals surface area contributed by atoms with E-state index in [4.69, 9.17) is 0 Å². The monoisotopic (exact) mass is 194 g/mol. The lowest BCUT2D eigenvalue weighted by Crippen LogP contribution is -2.30. The van der Waals surface area contributed by atoms with Crippen molar-refractivity contribution < 1.29 is 5.11 Å². The van der Waals surface area contributed by atoms with Gasteiger partial charge in [0.1, 0.15) is 0 Å². The molecule has 14 heavy (non-hydrogen) atoms. The second kappa shape index (κ2) is 2.55. The van der Waals surface area contributed by atoms with Crippen LogP contribution in [-0.4, -0.2) is 11.2 Å². The molecule has 1 N–H and O–H groups in total. The first-order valence-corrected chi connectivity index (χ1v) is 6.18. The minimum atomic E-state index is -0.0547. The quantitative estimate of drug-likeness (QED) is 0.680. The van der Waals surface area contributed by atoms with Crippen molar-refractivity contribution in [3.8, 4) is 0 Å². The minimum absolute atomic E-state index is 0.0547. The molecule has 0 amide bonds. The number of fused-ring (bicyclic) bond motifs is 5. The number of hydrogen-bond donors (Lipinski definition) is 1. The van der Waals surface area contributed by atoms with Gasteiger partial charge in [-0.1, -0.05) is 20.8 Å². The predicted molar refractivity (Wildman–Crippen MR) is 56.8 cm³/mol. The van der Waals surface area contributed by atoms with E-state index in [1.807, 2.05) is 0 Å². The van der Waals surface area contributed by atoms with E-state index >= 15 is 0 Å². The lowest BCUT2D eigenvalue weighted by molar-refractivity contribution is 0.0292. The van der Waals surface area contributed by atoms with Gasteiger partial charge in [-0.25, -0.2) is 0 Å². The highest BCUT2D eigenvalue weighted by Crippen LogP contribution is 2.71. The molecule has 5 atom stereocenters. The van der Waals surface area contributed by atoms with Crippen molar-refractivity contribution in [1.29, 1.82) is 0 Å². The fourth-order valence-electron chi connectivity index (χ4n) is 4.39. The van der Waals surface area contributed by atoms with E-state index in [0.29, 0.717) is 5.92 Å². The summed E-state index contributed by atoms with van der Waals surface area (Å²) in [6.45, 7) is 6.52. The Morgan fingerprint density at radius 1 is 1.07 bits per heavy atom. The summed E-state index contributed by atoms with van der Waals surface area (Å²) in [6.07, 6.45) is 4.35. The molecule has 1 heteroatoms. The highest BCUT2D eigenvalue weighted by molar-refractivity contribution is 5.15. The summed E-state index contributed by atoms with van der Waals surface area (Å²) >= 11 is 0. The van der Waals surface area contributed by atoms with Crippen molar-refractivity contribution in [1.82, 2.24) is 0 Å². The molecule has 0 aliphatic heterocycles. The lowest BCUT2D eigenvalue weighted by Gasteiger charge is -2.28. The molecule has 3 rings (SSSR count). The van der Waals surface area contributed by atoms with E-state index in [1.54, 1.807) is 0 Å². The summed E-state index contributed by atoms with van der Waals surface area (Å²) in [5.41, 5.74) is 0.0917. The Morgan fingerprint density at radius 3 is 2.00 bits per heavy atom. The topological polar surface area (TPSA) is 20.2 Å². The van der Waals surface area contributed by atoms with Crippen molar-refractivity contribution in [2.24, 2.45) is 35.0 Å². The van der Waals surface area contributed by atoms with Crippen LogP contribution >= 0.6 is 0 Å². The Balaban J connectivity index is 1.74. The Kier molecular flexibility index (Phi) is 1.68. The zero-order valence-corrected chi connectivity index (χ0v) is 9.53. The predicted octanol–water partition coefficient (Wildman–Crippen LogP) is 2.69. The van der Waals surface area contributed by atoms with Crippen molar-refractivity contribution in [2.45, 2.75) is 46.1 Å². The van der Waals surface area contributed by atoms with Gasteiger partial charge in [0, 0.05) is 0 Å². The number of hydrogen-bond acceptors (Lipinski definition) is 1. The standard InChI is InChI=1S/C13H22O/c1-13(2,3)12(14)11-9-7-4-5-8(6-7)10(9)11/h7-12,14H,4-6H2,1-3H3. The molecule has 1 nitrogen and oxygen atoms in total. The summed E-state index contributed by atoms with van der Waals surface area (Å²) in [5.74, 6) is 4.49. The van der Waals surface area contributed by atoms with Gasteiger partial charge in [0.15, 0.2) is 0 Å². The summed E-state index contributed by atoms with van der Waals surface area (Å²) < 4.78 is 0. The highest BCUT2D eigenvalue weighted by atomic mass is 16.3. The molecule has 0 saturated heterocycles. The van der Waals surface area contributed by atoms with Gasteiger partial charge in [-0.2, -0.15) is 0 Å². The Bertz CT molecular complexity index is 236. The molecule has 3 aliphatic rings. The molecule has 3 fully saturated rings. The number of aliphatic hydroxyl groups excluding tert-OH is 1. The first-order valence-electron chi connectivity index (χ1n) is 6.18. The van der Waals surface area contributed by atoms with Crippen LogP contribution in [0.1, 0.15) is 40.0 Å². The van der Waals surface area contributed by atoms with Gasteiger partial charge >= 0.3 is 0 Å². The molecule has 2 bridgehead atoms. The van der Waals surface area contributed by atoms with Gasteiger partial charge in [0.05, 0.1) is 6.10 Å². The first-order chi connectivity index (χ1) is 6.50. The van der Waals surface area contributed by atoms with E-state index in [0.717, 1.165) is 23.7 Å². The second-order valence-electron chi connectivity index (χ2n) is 6.88. The maximum Gasteiger partial charge on any atom is 0.0622 e. The van der Waals surface area contributed by atoms with E-state index < -0.39 is 0 Å². The van der Waals surface area contributed by atoms with Gasteiger partial charge in [0.2, 0.25) is 0 Å². The van der Waals surface area contributed by atoms with Gasteiger partial charge in [0.25, 0.3) is 0 Å². The maximum absolute atomic E-state index is 10.3. The molecule has 0 spiro atoms. The van der Waals surface area contributed by atoms with Crippen LogP contribution in [-0.2, 0) is 0 Å². The molecule has 0 aromatic rings. The SMILES string of the molecule is CC(C)(C)C(O)C1C2C3CCC(C3)C21. The molecular weight excluding hydrogens is 172 g/mol. The van der Waals surface area contributed by atoms with Crippen LogP contribution in [0.15, 0.2) is 0 Å². The van der Waals surface area contributed by atoms with Crippen LogP contribution < -0.4 is 0 Å². The van der Waals surface area contributed by atoms with Gasteiger partial charge in [-0.05, 0) is 54.3 Å². The number of aliphatic hydroxyl groups is 1. The van der Waals surface area contributed by atoms with E-state index in [-0.39, 0.29) is 11.5 Å². The summed E-state index contributed by atoms with van der Waals surface area (Å²) in [7, 11) is 0. The summed E-state index contributed by atoms with van der Waals surface area (Å²) in [5, 5.41) is 10.3. The van der Waals surface area contributed by atoms with Crippen molar-refractivity contribution in [3.05, 3.63) is 0 Å². The van der Waals surface area contributed by atoms with Crippen molar-refractivity contribution in [3.63, 3.8) is 0 Å². The van der Waals surface area contributed by atoms with Gasteiger partial charge in [-0.3, -0.25) is 0 Å². The first kappa shape index (κ1) is 9.21. The summed E-state index contributed by atoms with van der Waals surface area (Å²) in [4.78, 5) is 0. The van der Waals surface area contributed by atoms with Crippen LogP contribution in [0.4, 0.5) is 0 Å². The third kappa shape index (κ3) is 1.05. The third-order valence-electron chi connectivity index (χ3n) is 5.05. The van der Waals surface area contributed by atoms with Crippen molar-refractivity contribution in [2.75, 3.05) is 0 Å². The Morgan fingerprint density at radius 2 is 1.57 bits per heavy atom. The van der Waals surface area contributed by atoms with Crippen molar-refractivity contribution >= 4 is 0 Å². The van der Waals surface area contributed by atoms with Gasteiger partial charge in [-0.15, -0.1) is 0 Å². The second-order valence-corrected chi connectivity index (χ2v) is 6.88. The van der Waals surface area contributed by atoms with Crippen LogP contribution in [0.25, 0.3) is 0 Å². The molecular formula is C13H22O. The van der Waals surface area contributed by atoms with Crippen LogP contribution in [0.5, 0.6) is 0 Å². The fraction of sp³-hybridized carbons (Fsp3) is 1.00. The normalized spacial score (nSPS) is 51.9.